The van der Waals surface area contributed by atoms with Crippen LogP contribution in [0.25, 0.3) is 66.1 Å². The summed E-state index contributed by atoms with van der Waals surface area (Å²) in [7, 11) is 0. The van der Waals surface area contributed by atoms with Crippen molar-refractivity contribution in [2.45, 2.75) is 19.3 Å². The molecule has 1 aliphatic carbocycles. The van der Waals surface area contributed by atoms with Gasteiger partial charge in [0.05, 0.1) is 5.69 Å². The minimum atomic E-state index is -0.154. The lowest BCUT2D eigenvalue weighted by Gasteiger charge is -2.26. The van der Waals surface area contributed by atoms with Gasteiger partial charge in [0.25, 0.3) is 0 Å². The molecule has 2 aromatic heterocycles. The van der Waals surface area contributed by atoms with E-state index in [0.717, 1.165) is 55.6 Å². The zero-order valence-corrected chi connectivity index (χ0v) is 26.7. The Morgan fingerprint density at radius 1 is 0.479 bits per heavy atom. The van der Waals surface area contributed by atoms with Crippen molar-refractivity contribution in [3.63, 3.8) is 0 Å². The summed E-state index contributed by atoms with van der Waals surface area (Å²) in [5.74, 6) is 0. The first-order chi connectivity index (χ1) is 23.6. The van der Waals surface area contributed by atoms with E-state index in [-0.39, 0.29) is 5.41 Å². The second kappa shape index (κ2) is 9.97. The Hall–Kier alpha value is -6.06. The molecule has 3 heteroatoms. The Bertz CT molecular complexity index is 2690. The van der Waals surface area contributed by atoms with Crippen molar-refractivity contribution in [2.75, 3.05) is 4.90 Å². The molecule has 2 heterocycles. The van der Waals surface area contributed by atoms with E-state index in [1.54, 1.807) is 0 Å². The summed E-state index contributed by atoms with van der Waals surface area (Å²) in [6.07, 6.45) is 0. The summed E-state index contributed by atoms with van der Waals surface area (Å²) in [6, 6.07) is 53.8. The average Bonchev–Trinajstić information content (AvgIpc) is 3.77. The Labute approximate surface area is 278 Å². The fraction of sp³-hybridized carbons (Fsp3) is 0.0667. The monoisotopic (exact) mass is 617 g/mol. The molecule has 0 N–H and O–H groups in total. The molecule has 0 fully saturated rings. The van der Waals surface area contributed by atoms with Crippen LogP contribution in [-0.4, -0.2) is 0 Å². The highest BCUT2D eigenvalue weighted by Crippen LogP contribution is 2.54. The van der Waals surface area contributed by atoms with Crippen LogP contribution < -0.4 is 4.90 Å². The maximum atomic E-state index is 6.90. The van der Waals surface area contributed by atoms with E-state index < -0.39 is 0 Å². The average molecular weight is 618 g/mol. The van der Waals surface area contributed by atoms with E-state index in [1.807, 2.05) is 12.1 Å². The molecule has 10 rings (SSSR count). The molecule has 0 saturated carbocycles. The van der Waals surface area contributed by atoms with Crippen LogP contribution in [0.15, 0.2) is 160 Å². The molecule has 3 nitrogen and oxygen atoms in total. The van der Waals surface area contributed by atoms with Gasteiger partial charge in [-0.2, -0.15) is 0 Å². The first kappa shape index (κ1) is 27.1. The van der Waals surface area contributed by atoms with Crippen molar-refractivity contribution >= 4 is 60.9 Å². The summed E-state index contributed by atoms with van der Waals surface area (Å²) in [5, 5.41) is 4.51. The highest BCUT2D eigenvalue weighted by molar-refractivity contribution is 6.15. The molecular formula is C45H31NO2. The highest BCUT2D eigenvalue weighted by Gasteiger charge is 2.38. The van der Waals surface area contributed by atoms with Gasteiger partial charge in [-0.1, -0.05) is 117 Å². The zero-order valence-electron chi connectivity index (χ0n) is 26.7. The van der Waals surface area contributed by atoms with Crippen molar-refractivity contribution < 1.29 is 8.83 Å². The highest BCUT2D eigenvalue weighted by atomic mass is 16.3. The number of rotatable bonds is 4. The topological polar surface area (TPSA) is 29.5 Å². The Morgan fingerprint density at radius 3 is 2.04 bits per heavy atom. The number of anilines is 3. The molecule has 7 aromatic carbocycles. The van der Waals surface area contributed by atoms with Crippen molar-refractivity contribution in [2.24, 2.45) is 0 Å². The summed E-state index contributed by atoms with van der Waals surface area (Å²) < 4.78 is 13.1. The van der Waals surface area contributed by atoms with Gasteiger partial charge in [-0.05, 0) is 81.9 Å². The summed E-state index contributed by atoms with van der Waals surface area (Å²) in [6.45, 7) is 4.68. The molecule has 0 amide bonds. The van der Waals surface area contributed by atoms with Gasteiger partial charge in [-0.25, -0.2) is 0 Å². The predicted octanol–water partition coefficient (Wildman–Crippen LogP) is 12.9. The minimum absolute atomic E-state index is 0.154. The minimum Gasteiger partial charge on any atom is -0.456 e. The van der Waals surface area contributed by atoms with Crippen LogP contribution in [0.4, 0.5) is 17.1 Å². The molecule has 0 spiro atoms. The summed E-state index contributed by atoms with van der Waals surface area (Å²) in [5.41, 5.74) is 14.1. The molecule has 0 unspecified atom stereocenters. The van der Waals surface area contributed by atoms with Gasteiger partial charge < -0.3 is 13.7 Å². The molecule has 48 heavy (non-hydrogen) atoms. The number of nitrogens with zero attached hydrogens (tertiary/aromatic N) is 1. The van der Waals surface area contributed by atoms with Gasteiger partial charge in [-0.3, -0.25) is 0 Å². The van der Waals surface area contributed by atoms with Gasteiger partial charge >= 0.3 is 0 Å². The van der Waals surface area contributed by atoms with Crippen LogP contribution in [0.2, 0.25) is 0 Å². The molecule has 1 aliphatic rings. The van der Waals surface area contributed by atoms with Crippen LogP contribution in [-0.2, 0) is 5.41 Å². The van der Waals surface area contributed by atoms with Crippen LogP contribution >= 0.6 is 0 Å². The van der Waals surface area contributed by atoms with Gasteiger partial charge in [0.2, 0.25) is 0 Å². The van der Waals surface area contributed by atoms with Crippen LogP contribution in [0, 0.1) is 0 Å². The first-order valence-corrected chi connectivity index (χ1v) is 16.5. The van der Waals surface area contributed by atoms with Crippen LogP contribution in [0.5, 0.6) is 0 Å². The third kappa shape index (κ3) is 3.82. The maximum absolute atomic E-state index is 6.90. The SMILES string of the molecule is CC1(C)c2ccccc2-c2ccc3oc4c(N(c5ccc(-c6ccccc6)cc5)c5ccc6oc7ccccc7c6c5)cccc4c3c21. The molecule has 0 saturated heterocycles. The number of fused-ring (bicyclic) bond motifs is 10. The fourth-order valence-corrected chi connectivity index (χ4v) is 8.04. The lowest BCUT2D eigenvalue weighted by atomic mass is 9.80. The van der Waals surface area contributed by atoms with Crippen molar-refractivity contribution in [1.29, 1.82) is 0 Å². The number of hydrogen-bond acceptors (Lipinski definition) is 3. The quantitative estimate of drug-likeness (QED) is 0.197. The van der Waals surface area contributed by atoms with Gasteiger partial charge in [0.15, 0.2) is 5.58 Å². The number of hydrogen-bond donors (Lipinski definition) is 0. The maximum Gasteiger partial charge on any atom is 0.159 e. The fourth-order valence-electron chi connectivity index (χ4n) is 8.04. The van der Waals surface area contributed by atoms with E-state index in [1.165, 1.54) is 38.8 Å². The van der Waals surface area contributed by atoms with Crippen molar-refractivity contribution in [1.82, 2.24) is 0 Å². The Morgan fingerprint density at radius 2 is 1.17 bits per heavy atom. The summed E-state index contributed by atoms with van der Waals surface area (Å²) >= 11 is 0. The zero-order chi connectivity index (χ0) is 32.0. The van der Waals surface area contributed by atoms with E-state index in [9.17, 15) is 0 Å². The largest absolute Gasteiger partial charge is 0.456 e. The molecule has 0 aliphatic heterocycles. The molecule has 9 aromatic rings. The molecule has 228 valence electrons. The van der Waals surface area contributed by atoms with E-state index in [0.29, 0.717) is 0 Å². The second-order valence-corrected chi connectivity index (χ2v) is 13.3. The van der Waals surface area contributed by atoms with Gasteiger partial charge in [0.1, 0.15) is 16.7 Å². The van der Waals surface area contributed by atoms with Crippen LogP contribution in [0.3, 0.4) is 0 Å². The van der Waals surface area contributed by atoms with E-state index >= 15 is 0 Å². The molecule has 0 bridgehead atoms. The standard InChI is InChI=1S/C45H31NO2/c1-45(2)37-16-8-6-13-32(37)34-24-26-41-42(43(34)45)35-15-10-17-38(44(35)48-41)46(30-21-19-29(20-22-30)28-11-4-3-5-12-28)31-23-25-40-36(27-31)33-14-7-9-18-39(33)47-40/h3-27H,1-2H3. The Kier molecular flexibility index (Phi) is 5.63. The Balaban J connectivity index is 1.22. The lowest BCUT2D eigenvalue weighted by Crippen LogP contribution is -2.15. The molecular weight excluding hydrogens is 587 g/mol. The third-order valence-corrected chi connectivity index (χ3v) is 10.3. The summed E-state index contributed by atoms with van der Waals surface area (Å²) in [4.78, 5) is 2.32. The van der Waals surface area contributed by atoms with Crippen LogP contribution in [0.1, 0.15) is 25.0 Å². The first-order valence-electron chi connectivity index (χ1n) is 16.5. The smallest absolute Gasteiger partial charge is 0.159 e. The number of furan rings is 2. The van der Waals surface area contributed by atoms with E-state index in [4.69, 9.17) is 8.83 Å². The van der Waals surface area contributed by atoms with Crippen molar-refractivity contribution in [3.8, 4) is 22.3 Å². The predicted molar refractivity (Wildman–Crippen MR) is 199 cm³/mol. The van der Waals surface area contributed by atoms with Crippen molar-refractivity contribution in [3.05, 3.63) is 163 Å². The molecule has 0 atom stereocenters. The van der Waals surface area contributed by atoms with Gasteiger partial charge in [-0.15, -0.1) is 0 Å². The molecule has 0 radical (unpaired) electrons. The lowest BCUT2D eigenvalue weighted by molar-refractivity contribution is 0.657. The second-order valence-electron chi connectivity index (χ2n) is 13.3. The van der Waals surface area contributed by atoms with Gasteiger partial charge in [0, 0.05) is 38.3 Å². The van der Waals surface area contributed by atoms with E-state index in [2.05, 4.69) is 158 Å². The third-order valence-electron chi connectivity index (χ3n) is 10.3. The number of para-hydroxylation sites is 2. The number of benzene rings is 7. The normalized spacial score (nSPS) is 13.4.